The molecule has 0 spiro atoms. The van der Waals surface area contributed by atoms with Crippen LogP contribution in [-0.2, 0) is 6.54 Å². The van der Waals surface area contributed by atoms with Gasteiger partial charge in [-0.2, -0.15) is 5.26 Å². The van der Waals surface area contributed by atoms with Crippen LogP contribution in [0.1, 0.15) is 24.8 Å². The topological polar surface area (TPSA) is 35.8 Å². The van der Waals surface area contributed by atoms with Gasteiger partial charge in [-0.05, 0) is 30.5 Å². The summed E-state index contributed by atoms with van der Waals surface area (Å²) in [4.78, 5) is 0. The van der Waals surface area contributed by atoms with E-state index in [1.54, 1.807) is 6.07 Å². The van der Waals surface area contributed by atoms with E-state index in [-0.39, 0.29) is 17.8 Å². The van der Waals surface area contributed by atoms with Gasteiger partial charge in [0.15, 0.2) is 0 Å². The molecule has 1 N–H and O–H groups in total. The number of hydrogen-bond acceptors (Lipinski definition) is 2. The van der Waals surface area contributed by atoms with Gasteiger partial charge in [0.25, 0.3) is 0 Å². The molecule has 2 rings (SSSR count). The predicted molar refractivity (Wildman–Crippen MR) is 67.7 cm³/mol. The molecular weight excluding hydrogens is 283 g/mol. The van der Waals surface area contributed by atoms with Gasteiger partial charge in [0.2, 0.25) is 0 Å². The Kier molecular flexibility index (Phi) is 4.14. The molecule has 0 saturated heterocycles. The smallest absolute Gasteiger partial charge is 0.124 e. The maximum absolute atomic E-state index is 12.9. The lowest BCUT2D eigenvalue weighted by Crippen LogP contribution is -2.31. The minimum atomic E-state index is -0.239. The normalized spacial score (nSPS) is 23.6. The van der Waals surface area contributed by atoms with Crippen molar-refractivity contribution in [3.63, 3.8) is 0 Å². The van der Waals surface area contributed by atoms with Crippen LogP contribution in [0.5, 0.6) is 0 Å². The van der Waals surface area contributed by atoms with E-state index >= 15 is 0 Å². The molecule has 4 heteroatoms. The van der Waals surface area contributed by atoms with E-state index in [1.165, 1.54) is 12.1 Å². The van der Waals surface area contributed by atoms with Crippen LogP contribution in [0.15, 0.2) is 22.7 Å². The van der Waals surface area contributed by atoms with Crippen LogP contribution in [0.4, 0.5) is 4.39 Å². The van der Waals surface area contributed by atoms with Crippen molar-refractivity contribution in [2.45, 2.75) is 31.8 Å². The van der Waals surface area contributed by atoms with E-state index in [1.807, 2.05) is 0 Å². The maximum Gasteiger partial charge on any atom is 0.124 e. The second kappa shape index (κ2) is 5.61. The Labute approximate surface area is 109 Å². The molecule has 1 fully saturated rings. The largest absolute Gasteiger partial charge is 0.309 e. The molecule has 2 nitrogen and oxygen atoms in total. The molecule has 1 saturated carbocycles. The van der Waals surface area contributed by atoms with Gasteiger partial charge < -0.3 is 5.32 Å². The third-order valence-corrected chi connectivity index (χ3v) is 3.99. The van der Waals surface area contributed by atoms with Crippen molar-refractivity contribution < 1.29 is 4.39 Å². The first-order chi connectivity index (χ1) is 8.20. The molecule has 0 heterocycles. The van der Waals surface area contributed by atoms with E-state index in [0.29, 0.717) is 6.54 Å². The molecule has 0 radical (unpaired) electrons. The molecule has 90 valence electrons. The van der Waals surface area contributed by atoms with E-state index in [4.69, 9.17) is 5.26 Å². The van der Waals surface area contributed by atoms with Crippen molar-refractivity contribution in [3.05, 3.63) is 34.1 Å². The molecule has 1 aliphatic carbocycles. The number of benzene rings is 1. The quantitative estimate of drug-likeness (QED) is 0.928. The highest BCUT2D eigenvalue weighted by Gasteiger charge is 2.26. The second-order valence-corrected chi connectivity index (χ2v) is 5.24. The molecule has 1 aromatic carbocycles. The molecule has 2 atom stereocenters. The Bertz CT molecular complexity index is 442. The Hall–Kier alpha value is -0.920. The summed E-state index contributed by atoms with van der Waals surface area (Å²) >= 11 is 3.34. The summed E-state index contributed by atoms with van der Waals surface area (Å²) in [5.41, 5.74) is 1.02. The highest BCUT2D eigenvalue weighted by Crippen LogP contribution is 2.26. The fourth-order valence-electron chi connectivity index (χ4n) is 2.26. The zero-order valence-electron chi connectivity index (χ0n) is 9.42. The van der Waals surface area contributed by atoms with Gasteiger partial charge in [0.1, 0.15) is 5.82 Å². The van der Waals surface area contributed by atoms with Gasteiger partial charge in [-0.3, -0.25) is 0 Å². The zero-order chi connectivity index (χ0) is 12.3. The van der Waals surface area contributed by atoms with Crippen molar-refractivity contribution in [1.82, 2.24) is 5.32 Å². The number of hydrogen-bond donors (Lipinski definition) is 1. The summed E-state index contributed by atoms with van der Waals surface area (Å²) in [7, 11) is 0. The molecule has 2 unspecified atom stereocenters. The third-order valence-electron chi connectivity index (χ3n) is 3.25. The lowest BCUT2D eigenvalue weighted by atomic mass is 10.1. The molecule has 0 aliphatic heterocycles. The highest BCUT2D eigenvalue weighted by atomic mass is 79.9. The first kappa shape index (κ1) is 12.5. The molecule has 17 heavy (non-hydrogen) atoms. The van der Waals surface area contributed by atoms with Gasteiger partial charge in [-0.25, -0.2) is 4.39 Å². The highest BCUT2D eigenvalue weighted by molar-refractivity contribution is 9.10. The van der Waals surface area contributed by atoms with Crippen LogP contribution in [0, 0.1) is 23.1 Å². The van der Waals surface area contributed by atoms with E-state index < -0.39 is 0 Å². The second-order valence-electron chi connectivity index (χ2n) is 4.39. The van der Waals surface area contributed by atoms with Gasteiger partial charge in [0.05, 0.1) is 12.0 Å². The van der Waals surface area contributed by atoms with Crippen molar-refractivity contribution in [1.29, 1.82) is 5.26 Å². The SMILES string of the molecule is N#CC1CCCC1NCc1ccc(F)cc1Br. The Morgan fingerprint density at radius 2 is 2.29 bits per heavy atom. The number of halogens is 2. The predicted octanol–water partition coefficient (Wildman–Crippen LogP) is 3.37. The lowest BCUT2D eigenvalue weighted by Gasteiger charge is -2.16. The molecule has 1 aromatic rings. The zero-order valence-corrected chi connectivity index (χ0v) is 11.0. The van der Waals surface area contributed by atoms with Crippen molar-refractivity contribution in [2.24, 2.45) is 5.92 Å². The van der Waals surface area contributed by atoms with Crippen LogP contribution in [0.2, 0.25) is 0 Å². The molecule has 0 amide bonds. The van der Waals surface area contributed by atoms with Crippen LogP contribution in [0.3, 0.4) is 0 Å². The Balaban J connectivity index is 1.96. The van der Waals surface area contributed by atoms with Crippen LogP contribution < -0.4 is 5.32 Å². The van der Waals surface area contributed by atoms with Crippen LogP contribution in [-0.4, -0.2) is 6.04 Å². The van der Waals surface area contributed by atoms with Crippen LogP contribution in [0.25, 0.3) is 0 Å². The number of nitriles is 1. The minimum Gasteiger partial charge on any atom is -0.309 e. The molecular formula is C13H14BrFN2. The van der Waals surface area contributed by atoms with Gasteiger partial charge in [-0.15, -0.1) is 0 Å². The van der Waals surface area contributed by atoms with E-state index in [9.17, 15) is 4.39 Å². The Morgan fingerprint density at radius 1 is 1.47 bits per heavy atom. The van der Waals surface area contributed by atoms with E-state index in [0.717, 1.165) is 29.3 Å². The van der Waals surface area contributed by atoms with Crippen molar-refractivity contribution >= 4 is 15.9 Å². The van der Waals surface area contributed by atoms with Gasteiger partial charge in [-0.1, -0.05) is 28.4 Å². The van der Waals surface area contributed by atoms with Crippen molar-refractivity contribution in [2.75, 3.05) is 0 Å². The first-order valence-corrected chi connectivity index (χ1v) is 6.57. The fraction of sp³-hybridized carbons (Fsp3) is 0.462. The third kappa shape index (κ3) is 3.05. The summed E-state index contributed by atoms with van der Waals surface area (Å²) in [5, 5.41) is 12.4. The van der Waals surface area contributed by atoms with E-state index in [2.05, 4.69) is 27.3 Å². The monoisotopic (exact) mass is 296 g/mol. The molecule has 0 aromatic heterocycles. The molecule has 1 aliphatic rings. The standard InChI is InChI=1S/C13H14BrFN2/c14-12-6-11(15)5-4-10(12)8-17-13-3-1-2-9(13)7-16/h4-6,9,13,17H,1-3,8H2. The maximum atomic E-state index is 12.9. The summed E-state index contributed by atoms with van der Waals surface area (Å²) in [5.74, 6) is -0.120. The summed E-state index contributed by atoms with van der Waals surface area (Å²) < 4.78 is 13.7. The number of nitrogens with one attached hydrogen (secondary N) is 1. The summed E-state index contributed by atoms with van der Waals surface area (Å²) in [6, 6.07) is 7.30. The van der Waals surface area contributed by atoms with Gasteiger partial charge in [0, 0.05) is 17.1 Å². The average Bonchev–Trinajstić information content (AvgIpc) is 2.75. The van der Waals surface area contributed by atoms with Gasteiger partial charge >= 0.3 is 0 Å². The number of rotatable bonds is 3. The summed E-state index contributed by atoms with van der Waals surface area (Å²) in [6.45, 7) is 0.670. The minimum absolute atomic E-state index is 0.120. The van der Waals surface area contributed by atoms with Crippen molar-refractivity contribution in [3.8, 4) is 6.07 Å². The first-order valence-electron chi connectivity index (χ1n) is 5.77. The average molecular weight is 297 g/mol. The number of nitrogens with zero attached hydrogens (tertiary/aromatic N) is 1. The summed E-state index contributed by atoms with van der Waals surface area (Å²) in [6.07, 6.45) is 3.15. The lowest BCUT2D eigenvalue weighted by molar-refractivity contribution is 0.464. The van der Waals surface area contributed by atoms with Crippen LogP contribution >= 0.6 is 15.9 Å². The fourth-order valence-corrected chi connectivity index (χ4v) is 2.76. The molecule has 0 bridgehead atoms. The Morgan fingerprint density at radius 3 is 3.00 bits per heavy atom.